The second kappa shape index (κ2) is 19.1. The molecule has 1 heterocycles. The van der Waals surface area contributed by atoms with E-state index in [1.54, 1.807) is 13.2 Å². The van der Waals surface area contributed by atoms with Gasteiger partial charge in [-0.2, -0.15) is 0 Å². The molecule has 1 aliphatic rings. The highest BCUT2D eigenvalue weighted by Gasteiger charge is 2.36. The third kappa shape index (κ3) is 12.4. The number of alkyl carbamates (subject to hydrolysis) is 1. The topological polar surface area (TPSA) is 228 Å². The molecular weight excluding hydrogens is 634 g/mol. The number of hydrogen-bond donors (Lipinski definition) is 6. The van der Waals surface area contributed by atoms with Gasteiger partial charge in [-0.15, -0.1) is 0 Å². The molecule has 0 aliphatic carbocycles. The van der Waals surface area contributed by atoms with Crippen LogP contribution in [0.15, 0.2) is 71.7 Å². The van der Waals surface area contributed by atoms with Crippen molar-refractivity contribution < 1.29 is 38.6 Å². The van der Waals surface area contributed by atoms with E-state index in [0.717, 1.165) is 23.3 Å². The van der Waals surface area contributed by atoms with Gasteiger partial charge in [0.2, 0.25) is 17.7 Å². The van der Waals surface area contributed by atoms with Crippen LogP contribution in [0, 0.1) is 0 Å². The van der Waals surface area contributed by atoms with Crippen molar-refractivity contribution in [2.75, 3.05) is 32.1 Å². The number of carbonyl (C=O) groups is 5. The van der Waals surface area contributed by atoms with E-state index in [2.05, 4.69) is 20.9 Å². The van der Waals surface area contributed by atoms with Crippen LogP contribution < -0.4 is 32.2 Å². The van der Waals surface area contributed by atoms with Crippen LogP contribution in [0.4, 0.5) is 10.5 Å². The first-order valence-electron chi connectivity index (χ1n) is 15.7. The van der Waals surface area contributed by atoms with Gasteiger partial charge in [-0.05, 0) is 42.7 Å². The van der Waals surface area contributed by atoms with E-state index in [-0.39, 0.29) is 32.1 Å². The Kier molecular flexibility index (Phi) is 14.6. The summed E-state index contributed by atoms with van der Waals surface area (Å²) in [5.41, 5.74) is 12.2. The van der Waals surface area contributed by atoms with E-state index in [9.17, 15) is 19.2 Å². The minimum Gasteiger partial charge on any atom is -0.496 e. The predicted octanol–water partition coefficient (Wildman–Crippen LogP) is 2.33. The second-order valence-corrected chi connectivity index (χ2v) is 11.1. The summed E-state index contributed by atoms with van der Waals surface area (Å²) in [6, 6.07) is 18.6. The first-order valence-corrected chi connectivity index (χ1v) is 15.7. The van der Waals surface area contributed by atoms with Gasteiger partial charge in [0.25, 0.3) is 5.97 Å². The van der Waals surface area contributed by atoms with Gasteiger partial charge in [0, 0.05) is 37.2 Å². The van der Waals surface area contributed by atoms with Gasteiger partial charge in [-0.1, -0.05) is 54.6 Å². The molecule has 1 aliphatic heterocycles. The molecule has 3 aromatic rings. The van der Waals surface area contributed by atoms with Crippen LogP contribution in [-0.2, 0) is 30.5 Å². The van der Waals surface area contributed by atoms with Gasteiger partial charge >= 0.3 is 6.09 Å². The molecule has 2 atom stereocenters. The molecule has 1 saturated heterocycles. The molecule has 1 fully saturated rings. The van der Waals surface area contributed by atoms with Crippen LogP contribution in [0.25, 0.3) is 10.8 Å². The molecule has 49 heavy (non-hydrogen) atoms. The highest BCUT2D eigenvalue weighted by Crippen LogP contribution is 2.30. The molecular formula is C34H43N7O8. The fourth-order valence-electron chi connectivity index (χ4n) is 5.15. The van der Waals surface area contributed by atoms with Gasteiger partial charge in [-0.25, -0.2) is 4.79 Å². The SMILES string of the molecule is CC(=O)O.COc1cc(NC(=O)[C@H](CCCN=C(N)N)NC(=O)[C@@H]2CCCN2C(=O)CNC(=O)OCc2ccccc2)cc2ccccc12. The molecule has 3 aromatic carbocycles. The lowest BCUT2D eigenvalue weighted by Crippen LogP contribution is -2.53. The first kappa shape index (κ1) is 37.6. The minimum absolute atomic E-state index is 0.0637. The molecule has 0 unspecified atom stereocenters. The zero-order chi connectivity index (χ0) is 35.8. The number of benzene rings is 3. The van der Waals surface area contributed by atoms with Crippen molar-refractivity contribution >= 4 is 52.2 Å². The number of guanidine groups is 1. The maximum absolute atomic E-state index is 13.5. The standard InChI is InChI=1S/C32H39N7O6.C2H4O2/c1-44-27-18-23(17-22-11-5-6-12-24(22)27)37-29(41)25(13-7-15-35-31(33)34)38-30(42)26-14-8-16-39(26)28(40)19-36-32(43)45-20-21-9-3-2-4-10-21;1-2(3)4/h2-6,9-12,17-18,25-26H,7-8,13-16,19-20H2,1H3,(H,36,43)(H,37,41)(H,38,42)(H4,33,34,35);1H3,(H,3,4)/t25-,26-;/m0./s1. The average Bonchev–Trinajstić information content (AvgIpc) is 3.58. The maximum Gasteiger partial charge on any atom is 0.407 e. The highest BCUT2D eigenvalue weighted by atomic mass is 16.5. The molecule has 0 bridgehead atoms. The molecule has 15 nitrogen and oxygen atoms in total. The van der Waals surface area contributed by atoms with Gasteiger partial charge in [-0.3, -0.25) is 24.2 Å². The Labute approximate surface area is 284 Å². The molecule has 8 N–H and O–H groups in total. The third-order valence-corrected chi connectivity index (χ3v) is 7.36. The number of fused-ring (bicyclic) bond motifs is 1. The molecule has 15 heteroatoms. The van der Waals surface area contributed by atoms with Gasteiger partial charge in [0.1, 0.15) is 31.0 Å². The summed E-state index contributed by atoms with van der Waals surface area (Å²) in [4.78, 5) is 66.5. The number of ether oxygens (including phenoxy) is 2. The summed E-state index contributed by atoms with van der Waals surface area (Å²) in [6.45, 7) is 1.43. The minimum atomic E-state index is -0.937. The Morgan fingerprint density at radius 3 is 2.43 bits per heavy atom. The summed E-state index contributed by atoms with van der Waals surface area (Å²) in [5, 5.41) is 17.3. The van der Waals surface area contributed by atoms with Crippen molar-refractivity contribution in [2.45, 2.75) is 51.3 Å². The Balaban J connectivity index is 0.00000154. The number of methoxy groups -OCH3 is 1. The highest BCUT2D eigenvalue weighted by molar-refractivity contribution is 6.01. The maximum atomic E-state index is 13.5. The van der Waals surface area contributed by atoms with Crippen molar-refractivity contribution in [3.63, 3.8) is 0 Å². The van der Waals surface area contributed by atoms with Crippen molar-refractivity contribution in [3.05, 3.63) is 72.3 Å². The molecule has 4 amide bonds. The fraction of sp³-hybridized carbons (Fsp3) is 0.353. The van der Waals surface area contributed by atoms with Crippen LogP contribution in [-0.4, -0.2) is 84.6 Å². The number of carboxylic acids is 1. The molecule has 0 radical (unpaired) electrons. The molecule has 0 spiro atoms. The van der Waals surface area contributed by atoms with Gasteiger partial charge in [0.15, 0.2) is 5.96 Å². The van der Waals surface area contributed by atoms with E-state index in [0.29, 0.717) is 37.2 Å². The Hall–Kier alpha value is -5.86. The lowest BCUT2D eigenvalue weighted by Gasteiger charge is -2.26. The smallest absolute Gasteiger partial charge is 0.407 e. The summed E-state index contributed by atoms with van der Waals surface area (Å²) in [6.07, 6.45) is 0.935. The number of aliphatic imine (C=N–C) groups is 1. The van der Waals surface area contributed by atoms with Crippen molar-refractivity contribution in [1.29, 1.82) is 0 Å². The molecule has 0 saturated carbocycles. The van der Waals surface area contributed by atoms with Crippen molar-refractivity contribution in [2.24, 2.45) is 16.5 Å². The molecule has 4 rings (SSSR count). The molecule has 0 aromatic heterocycles. The largest absolute Gasteiger partial charge is 0.496 e. The number of nitrogens with one attached hydrogen (secondary N) is 3. The number of aliphatic carboxylic acids is 1. The van der Waals surface area contributed by atoms with E-state index in [1.807, 2.05) is 60.7 Å². The number of nitrogens with two attached hydrogens (primary N) is 2. The molecule has 262 valence electrons. The Bertz CT molecular complexity index is 1630. The fourth-order valence-corrected chi connectivity index (χ4v) is 5.15. The van der Waals surface area contributed by atoms with Crippen LogP contribution >= 0.6 is 0 Å². The zero-order valence-electron chi connectivity index (χ0n) is 27.5. The van der Waals surface area contributed by atoms with Gasteiger partial charge in [0.05, 0.1) is 7.11 Å². The monoisotopic (exact) mass is 677 g/mol. The van der Waals surface area contributed by atoms with Crippen LogP contribution in [0.1, 0.15) is 38.2 Å². The third-order valence-electron chi connectivity index (χ3n) is 7.36. The van der Waals surface area contributed by atoms with Crippen molar-refractivity contribution in [3.8, 4) is 5.75 Å². The lowest BCUT2D eigenvalue weighted by atomic mass is 10.1. The van der Waals surface area contributed by atoms with E-state index in [4.69, 9.17) is 30.8 Å². The first-order chi connectivity index (χ1) is 23.5. The number of rotatable bonds is 13. The van der Waals surface area contributed by atoms with E-state index >= 15 is 0 Å². The number of amides is 4. The summed E-state index contributed by atoms with van der Waals surface area (Å²) in [5.74, 6) is -1.65. The number of anilines is 1. The number of hydrogen-bond acceptors (Lipinski definition) is 8. The van der Waals surface area contributed by atoms with Crippen LogP contribution in [0.5, 0.6) is 5.75 Å². The normalized spacial score (nSPS) is 14.0. The lowest BCUT2D eigenvalue weighted by molar-refractivity contribution is -0.138. The number of nitrogens with zero attached hydrogens (tertiary/aromatic N) is 2. The van der Waals surface area contributed by atoms with Crippen LogP contribution in [0.2, 0.25) is 0 Å². The summed E-state index contributed by atoms with van der Waals surface area (Å²) >= 11 is 0. The predicted molar refractivity (Wildman–Crippen MR) is 184 cm³/mol. The summed E-state index contributed by atoms with van der Waals surface area (Å²) < 4.78 is 10.7. The summed E-state index contributed by atoms with van der Waals surface area (Å²) in [7, 11) is 1.55. The number of likely N-dealkylation sites (tertiary alicyclic amines) is 1. The van der Waals surface area contributed by atoms with E-state index in [1.165, 1.54) is 4.90 Å². The van der Waals surface area contributed by atoms with Crippen LogP contribution in [0.3, 0.4) is 0 Å². The zero-order valence-corrected chi connectivity index (χ0v) is 27.5. The number of carboxylic acid groups (broad SMARTS) is 1. The average molecular weight is 678 g/mol. The second-order valence-electron chi connectivity index (χ2n) is 11.1. The van der Waals surface area contributed by atoms with Gasteiger partial charge < -0.3 is 46.9 Å². The number of carbonyl (C=O) groups excluding carboxylic acids is 4. The van der Waals surface area contributed by atoms with Crippen molar-refractivity contribution in [1.82, 2.24) is 15.5 Å². The quantitative estimate of drug-likeness (QED) is 0.0879. The van der Waals surface area contributed by atoms with E-state index < -0.39 is 41.9 Å². The Morgan fingerprint density at radius 1 is 1.04 bits per heavy atom. The Morgan fingerprint density at radius 2 is 1.73 bits per heavy atom.